The summed E-state index contributed by atoms with van der Waals surface area (Å²) in [4.78, 5) is 24.9. The normalized spacial score (nSPS) is 16.5. The molecule has 0 spiro atoms. The highest BCUT2D eigenvalue weighted by Crippen LogP contribution is 2.11. The van der Waals surface area contributed by atoms with E-state index in [0.717, 1.165) is 38.8 Å². The summed E-state index contributed by atoms with van der Waals surface area (Å²) in [7, 11) is 0. The lowest BCUT2D eigenvalue weighted by Crippen LogP contribution is -2.50. The van der Waals surface area contributed by atoms with Crippen molar-refractivity contribution < 1.29 is 9.59 Å². The van der Waals surface area contributed by atoms with Gasteiger partial charge in [-0.05, 0) is 32.4 Å². The van der Waals surface area contributed by atoms with Gasteiger partial charge in [0.2, 0.25) is 11.8 Å². The van der Waals surface area contributed by atoms with Gasteiger partial charge in [0.25, 0.3) is 0 Å². The van der Waals surface area contributed by atoms with Gasteiger partial charge in [-0.2, -0.15) is 0 Å². The van der Waals surface area contributed by atoms with Gasteiger partial charge in [0.1, 0.15) is 0 Å². The Labute approximate surface area is 115 Å². The van der Waals surface area contributed by atoms with Crippen LogP contribution in [0.3, 0.4) is 0 Å². The number of nitrogens with two attached hydrogens (primary N) is 1. The summed E-state index contributed by atoms with van der Waals surface area (Å²) in [5.74, 6) is -0.395. The summed E-state index contributed by atoms with van der Waals surface area (Å²) in [5, 5.41) is 6.15. The van der Waals surface area contributed by atoms with Crippen molar-refractivity contribution in [3.8, 4) is 0 Å². The molecule has 1 fully saturated rings. The molecule has 1 aliphatic rings. The Bertz CT molecular complexity index is 290. The molecule has 4 N–H and O–H groups in total. The van der Waals surface area contributed by atoms with Gasteiger partial charge in [0.05, 0.1) is 13.1 Å². The Balaban J connectivity index is 2.43. The van der Waals surface area contributed by atoms with E-state index >= 15 is 0 Å². The quantitative estimate of drug-likeness (QED) is 0.516. The van der Waals surface area contributed by atoms with Crippen LogP contribution in [0.25, 0.3) is 0 Å². The van der Waals surface area contributed by atoms with Crippen LogP contribution in [0.5, 0.6) is 0 Å². The number of nitrogens with zero attached hydrogens (tertiary/aromatic N) is 1. The molecule has 0 aromatic rings. The second-order valence-corrected chi connectivity index (χ2v) is 5.06. The van der Waals surface area contributed by atoms with Crippen LogP contribution < -0.4 is 16.4 Å². The Hall–Kier alpha value is -1.14. The van der Waals surface area contributed by atoms with Crippen LogP contribution in [0.2, 0.25) is 0 Å². The maximum Gasteiger partial charge on any atom is 0.234 e. The minimum Gasteiger partial charge on any atom is -0.369 e. The van der Waals surface area contributed by atoms with Crippen molar-refractivity contribution in [1.29, 1.82) is 0 Å². The number of primary amides is 1. The molecule has 0 aromatic carbocycles. The molecule has 2 amide bonds. The van der Waals surface area contributed by atoms with Gasteiger partial charge in [-0.15, -0.1) is 0 Å². The van der Waals surface area contributed by atoms with E-state index in [-0.39, 0.29) is 30.9 Å². The Morgan fingerprint density at radius 1 is 1.32 bits per heavy atom. The lowest BCUT2D eigenvalue weighted by atomic mass is 10.0. The number of rotatable bonds is 8. The summed E-state index contributed by atoms with van der Waals surface area (Å²) in [6.45, 7) is 5.06. The van der Waals surface area contributed by atoms with Crippen molar-refractivity contribution in [3.63, 3.8) is 0 Å². The van der Waals surface area contributed by atoms with E-state index in [4.69, 9.17) is 5.73 Å². The average Bonchev–Trinajstić information content (AvgIpc) is 2.39. The number of unbranched alkanes of at least 4 members (excludes halogenated alkanes) is 1. The maximum absolute atomic E-state index is 11.8. The summed E-state index contributed by atoms with van der Waals surface area (Å²) < 4.78 is 0. The molecule has 0 unspecified atom stereocenters. The van der Waals surface area contributed by atoms with Crippen molar-refractivity contribution in [3.05, 3.63) is 0 Å². The zero-order valence-electron chi connectivity index (χ0n) is 11.8. The van der Waals surface area contributed by atoms with Gasteiger partial charge in [-0.25, -0.2) is 0 Å². The minimum absolute atomic E-state index is 0.0202. The van der Waals surface area contributed by atoms with Gasteiger partial charge >= 0.3 is 0 Å². The van der Waals surface area contributed by atoms with Gasteiger partial charge < -0.3 is 16.4 Å². The first-order chi connectivity index (χ1) is 9.13. The fourth-order valence-electron chi connectivity index (χ4n) is 2.33. The van der Waals surface area contributed by atoms with Crippen LogP contribution in [0.15, 0.2) is 0 Å². The summed E-state index contributed by atoms with van der Waals surface area (Å²) >= 11 is 0. The zero-order valence-corrected chi connectivity index (χ0v) is 11.8. The molecular formula is C13H26N4O2. The van der Waals surface area contributed by atoms with Crippen LogP contribution in [0.1, 0.15) is 32.6 Å². The van der Waals surface area contributed by atoms with Crippen LogP contribution in [-0.2, 0) is 9.59 Å². The van der Waals surface area contributed by atoms with E-state index in [1.54, 1.807) is 0 Å². The van der Waals surface area contributed by atoms with Crippen LogP contribution in [0, 0.1) is 0 Å². The van der Waals surface area contributed by atoms with Gasteiger partial charge in [0, 0.05) is 12.6 Å². The predicted octanol–water partition coefficient (Wildman–Crippen LogP) is -0.558. The molecule has 1 aliphatic heterocycles. The SMILES string of the molecule is CCCCNC(=O)CN(CC(N)=O)C1CCNCC1. The van der Waals surface area contributed by atoms with Gasteiger partial charge in [0.15, 0.2) is 0 Å². The molecule has 0 aliphatic carbocycles. The average molecular weight is 270 g/mol. The largest absolute Gasteiger partial charge is 0.369 e. The van der Waals surface area contributed by atoms with E-state index in [2.05, 4.69) is 17.6 Å². The number of piperidine rings is 1. The van der Waals surface area contributed by atoms with Crippen molar-refractivity contribution in [2.24, 2.45) is 5.73 Å². The topological polar surface area (TPSA) is 87.5 Å². The Kier molecular flexibility index (Phi) is 7.43. The van der Waals surface area contributed by atoms with Crippen LogP contribution in [-0.4, -0.2) is 55.5 Å². The lowest BCUT2D eigenvalue weighted by molar-refractivity contribution is -0.125. The highest BCUT2D eigenvalue weighted by Gasteiger charge is 2.23. The van der Waals surface area contributed by atoms with Gasteiger partial charge in [-0.3, -0.25) is 14.5 Å². The molecule has 0 atom stereocenters. The molecule has 110 valence electrons. The molecule has 19 heavy (non-hydrogen) atoms. The third-order valence-corrected chi connectivity index (χ3v) is 3.38. The Morgan fingerprint density at radius 2 is 2.00 bits per heavy atom. The van der Waals surface area contributed by atoms with Crippen molar-refractivity contribution in [1.82, 2.24) is 15.5 Å². The molecule has 6 nitrogen and oxygen atoms in total. The standard InChI is InChI=1S/C13H26N4O2/c1-2-3-6-16-13(19)10-17(9-12(14)18)11-4-7-15-8-5-11/h11,15H,2-10H2,1H3,(H2,14,18)(H,16,19). The van der Waals surface area contributed by atoms with E-state index in [1.165, 1.54) is 0 Å². The Morgan fingerprint density at radius 3 is 2.58 bits per heavy atom. The van der Waals surface area contributed by atoms with Crippen molar-refractivity contribution >= 4 is 11.8 Å². The zero-order chi connectivity index (χ0) is 14.1. The van der Waals surface area contributed by atoms with Crippen molar-refractivity contribution in [2.45, 2.75) is 38.6 Å². The molecule has 0 radical (unpaired) electrons. The summed E-state index contributed by atoms with van der Waals surface area (Å²) in [6, 6.07) is 0.269. The molecule has 6 heteroatoms. The highest BCUT2D eigenvalue weighted by atomic mass is 16.2. The van der Waals surface area contributed by atoms with E-state index in [1.807, 2.05) is 4.90 Å². The monoisotopic (exact) mass is 270 g/mol. The van der Waals surface area contributed by atoms with E-state index in [9.17, 15) is 9.59 Å². The van der Waals surface area contributed by atoms with Crippen LogP contribution >= 0.6 is 0 Å². The van der Waals surface area contributed by atoms with E-state index < -0.39 is 0 Å². The lowest BCUT2D eigenvalue weighted by Gasteiger charge is -2.33. The molecular weight excluding hydrogens is 244 g/mol. The number of hydrogen-bond donors (Lipinski definition) is 3. The van der Waals surface area contributed by atoms with Crippen molar-refractivity contribution in [2.75, 3.05) is 32.7 Å². The number of nitrogens with one attached hydrogen (secondary N) is 2. The molecule has 1 saturated heterocycles. The minimum atomic E-state index is -0.375. The molecule has 0 saturated carbocycles. The summed E-state index contributed by atoms with van der Waals surface area (Å²) in [5.41, 5.74) is 5.27. The summed E-state index contributed by atoms with van der Waals surface area (Å²) in [6.07, 6.45) is 3.94. The smallest absolute Gasteiger partial charge is 0.234 e. The maximum atomic E-state index is 11.8. The predicted molar refractivity (Wildman–Crippen MR) is 74.6 cm³/mol. The fourth-order valence-corrected chi connectivity index (χ4v) is 2.33. The number of carbonyl (C=O) groups is 2. The van der Waals surface area contributed by atoms with Gasteiger partial charge in [-0.1, -0.05) is 13.3 Å². The number of hydrogen-bond acceptors (Lipinski definition) is 4. The second kappa shape index (κ2) is 8.87. The number of carbonyl (C=O) groups excluding carboxylic acids is 2. The highest BCUT2D eigenvalue weighted by molar-refractivity contribution is 5.80. The van der Waals surface area contributed by atoms with E-state index in [0.29, 0.717) is 6.54 Å². The third-order valence-electron chi connectivity index (χ3n) is 3.38. The molecule has 1 rings (SSSR count). The molecule has 0 aromatic heterocycles. The fraction of sp³-hybridized carbons (Fsp3) is 0.846. The van der Waals surface area contributed by atoms with Crippen LogP contribution in [0.4, 0.5) is 0 Å². The first-order valence-corrected chi connectivity index (χ1v) is 7.13. The first-order valence-electron chi connectivity index (χ1n) is 7.13. The number of amides is 2. The molecule has 1 heterocycles. The molecule has 0 bridgehead atoms. The second-order valence-electron chi connectivity index (χ2n) is 5.06. The third kappa shape index (κ3) is 6.54. The first kappa shape index (κ1) is 15.9.